The second-order valence-electron chi connectivity index (χ2n) is 5.71. The van der Waals surface area contributed by atoms with Gasteiger partial charge in [0.25, 0.3) is 0 Å². The van der Waals surface area contributed by atoms with Gasteiger partial charge in [-0.05, 0) is 36.7 Å². The molecule has 2 aromatic heterocycles. The molecule has 2 aromatic rings. The van der Waals surface area contributed by atoms with Gasteiger partial charge in [-0.15, -0.1) is 22.7 Å². The minimum absolute atomic E-state index is 0.130. The van der Waals surface area contributed by atoms with Gasteiger partial charge in [-0.25, -0.2) is 0 Å². The Hall–Kier alpha value is -0.720. The van der Waals surface area contributed by atoms with E-state index < -0.39 is 5.79 Å². The predicted octanol–water partition coefficient (Wildman–Crippen LogP) is 3.83. The van der Waals surface area contributed by atoms with E-state index in [0.29, 0.717) is 12.6 Å². The molecule has 2 unspecified atom stereocenters. The normalized spacial score (nSPS) is 22.5. The van der Waals surface area contributed by atoms with Gasteiger partial charge < -0.3 is 14.8 Å². The molecule has 3 rings (SSSR count). The van der Waals surface area contributed by atoms with Gasteiger partial charge in [-0.3, -0.25) is 0 Å². The van der Waals surface area contributed by atoms with Crippen LogP contribution in [0.3, 0.4) is 0 Å². The third kappa shape index (κ3) is 4.14. The topological polar surface area (TPSA) is 30.5 Å². The highest BCUT2D eigenvalue weighted by molar-refractivity contribution is 7.10. The molecule has 21 heavy (non-hydrogen) atoms. The van der Waals surface area contributed by atoms with Gasteiger partial charge in [0.05, 0.1) is 12.7 Å². The number of hydrogen-bond acceptors (Lipinski definition) is 5. The summed E-state index contributed by atoms with van der Waals surface area (Å²) in [5.74, 6) is -0.446. The Bertz CT molecular complexity index is 537. The minimum atomic E-state index is -0.446. The maximum atomic E-state index is 5.87. The molecule has 5 heteroatoms. The summed E-state index contributed by atoms with van der Waals surface area (Å²) in [6, 6.07) is 8.97. The third-order valence-corrected chi connectivity index (χ3v) is 5.42. The average Bonchev–Trinajstić information content (AvgIpc) is 3.16. The molecule has 1 aliphatic rings. The molecule has 0 aliphatic carbocycles. The molecule has 1 fully saturated rings. The van der Waals surface area contributed by atoms with Crippen LogP contribution in [0, 0.1) is 0 Å². The lowest BCUT2D eigenvalue weighted by atomic mass is 10.1. The second-order valence-corrected chi connectivity index (χ2v) is 7.72. The van der Waals surface area contributed by atoms with Crippen molar-refractivity contribution in [2.24, 2.45) is 0 Å². The monoisotopic (exact) mass is 323 g/mol. The fraction of sp³-hybridized carbons (Fsp3) is 0.500. The predicted molar refractivity (Wildman–Crippen MR) is 88.0 cm³/mol. The van der Waals surface area contributed by atoms with Gasteiger partial charge in [0, 0.05) is 28.8 Å². The Morgan fingerprint density at radius 2 is 2.10 bits per heavy atom. The highest BCUT2D eigenvalue weighted by Crippen LogP contribution is 2.26. The first-order valence-corrected chi connectivity index (χ1v) is 8.99. The van der Waals surface area contributed by atoms with Crippen molar-refractivity contribution in [3.8, 4) is 0 Å². The summed E-state index contributed by atoms with van der Waals surface area (Å²) in [7, 11) is 0. The number of hydrogen-bond donors (Lipinski definition) is 1. The van der Waals surface area contributed by atoms with E-state index in [9.17, 15) is 0 Å². The molecule has 3 heterocycles. The van der Waals surface area contributed by atoms with E-state index in [1.807, 2.05) is 25.2 Å². The summed E-state index contributed by atoms with van der Waals surface area (Å²) in [4.78, 5) is 2.78. The van der Waals surface area contributed by atoms with Crippen LogP contribution in [0.1, 0.15) is 29.6 Å². The van der Waals surface area contributed by atoms with Gasteiger partial charge in [0.1, 0.15) is 0 Å². The summed E-state index contributed by atoms with van der Waals surface area (Å²) in [6.45, 7) is 5.42. The first kappa shape index (κ1) is 15.2. The number of thiophene rings is 2. The van der Waals surface area contributed by atoms with Gasteiger partial charge in [-0.1, -0.05) is 12.1 Å². The van der Waals surface area contributed by atoms with E-state index >= 15 is 0 Å². The van der Waals surface area contributed by atoms with Crippen LogP contribution in [0.4, 0.5) is 0 Å². The molecule has 3 nitrogen and oxygen atoms in total. The number of nitrogens with one attached hydrogen (secondary N) is 1. The molecule has 0 amide bonds. The van der Waals surface area contributed by atoms with Crippen LogP contribution in [0.2, 0.25) is 0 Å². The average molecular weight is 323 g/mol. The highest BCUT2D eigenvalue weighted by atomic mass is 32.1. The van der Waals surface area contributed by atoms with Crippen molar-refractivity contribution in [3.63, 3.8) is 0 Å². The molecule has 0 bridgehead atoms. The van der Waals surface area contributed by atoms with E-state index in [-0.39, 0.29) is 6.10 Å². The quantitative estimate of drug-likeness (QED) is 0.876. The van der Waals surface area contributed by atoms with Gasteiger partial charge in [-0.2, -0.15) is 0 Å². The maximum Gasteiger partial charge on any atom is 0.163 e. The third-order valence-electron chi connectivity index (χ3n) is 3.53. The van der Waals surface area contributed by atoms with Crippen molar-refractivity contribution in [2.45, 2.75) is 38.2 Å². The van der Waals surface area contributed by atoms with Crippen molar-refractivity contribution in [3.05, 3.63) is 44.8 Å². The molecule has 1 N–H and O–H groups in total. The maximum absolute atomic E-state index is 5.87. The van der Waals surface area contributed by atoms with Gasteiger partial charge >= 0.3 is 0 Å². The molecule has 1 saturated heterocycles. The Kier molecular flexibility index (Phi) is 4.76. The largest absolute Gasteiger partial charge is 0.348 e. The second kappa shape index (κ2) is 6.58. The van der Waals surface area contributed by atoms with Crippen LogP contribution in [0.25, 0.3) is 0 Å². The zero-order valence-electron chi connectivity index (χ0n) is 12.4. The Morgan fingerprint density at radius 1 is 1.29 bits per heavy atom. The SMILES string of the molecule is CC1(C)OCC(CNC(Cc2cccs2)c2cccs2)O1. The van der Waals surface area contributed by atoms with E-state index in [2.05, 4.69) is 40.3 Å². The molecule has 1 aliphatic heterocycles. The summed E-state index contributed by atoms with van der Waals surface area (Å²) in [5, 5.41) is 7.92. The summed E-state index contributed by atoms with van der Waals surface area (Å²) in [6.07, 6.45) is 1.15. The number of rotatable bonds is 6. The van der Waals surface area contributed by atoms with Crippen LogP contribution in [0.15, 0.2) is 35.0 Å². The Morgan fingerprint density at radius 3 is 2.71 bits per heavy atom. The Labute approximate surface area is 133 Å². The minimum Gasteiger partial charge on any atom is -0.348 e. The summed E-state index contributed by atoms with van der Waals surface area (Å²) in [5.41, 5.74) is 0. The van der Waals surface area contributed by atoms with Crippen LogP contribution >= 0.6 is 22.7 Å². The van der Waals surface area contributed by atoms with Crippen LogP contribution in [0.5, 0.6) is 0 Å². The fourth-order valence-electron chi connectivity index (χ4n) is 2.53. The molecule has 2 atom stereocenters. The van der Waals surface area contributed by atoms with Crippen molar-refractivity contribution < 1.29 is 9.47 Å². The number of ether oxygens (including phenoxy) is 2. The molecule has 0 saturated carbocycles. The van der Waals surface area contributed by atoms with Gasteiger partial charge in [0.15, 0.2) is 5.79 Å². The van der Waals surface area contributed by atoms with Gasteiger partial charge in [0.2, 0.25) is 0 Å². The lowest BCUT2D eigenvalue weighted by molar-refractivity contribution is -0.137. The van der Waals surface area contributed by atoms with Crippen molar-refractivity contribution in [1.82, 2.24) is 5.32 Å². The summed E-state index contributed by atoms with van der Waals surface area (Å²) < 4.78 is 11.5. The lowest BCUT2D eigenvalue weighted by Crippen LogP contribution is -2.33. The molecular formula is C16H21NO2S2. The summed E-state index contributed by atoms with van der Waals surface area (Å²) >= 11 is 3.62. The molecular weight excluding hydrogens is 302 g/mol. The fourth-order valence-corrected chi connectivity index (χ4v) is 4.08. The van der Waals surface area contributed by atoms with Crippen LogP contribution < -0.4 is 5.32 Å². The van der Waals surface area contributed by atoms with E-state index in [1.54, 1.807) is 11.3 Å². The van der Waals surface area contributed by atoms with Crippen molar-refractivity contribution in [1.29, 1.82) is 0 Å². The Balaban J connectivity index is 1.60. The van der Waals surface area contributed by atoms with E-state index in [0.717, 1.165) is 13.0 Å². The molecule has 0 radical (unpaired) electrons. The van der Waals surface area contributed by atoms with Crippen molar-refractivity contribution >= 4 is 22.7 Å². The van der Waals surface area contributed by atoms with Crippen LogP contribution in [-0.2, 0) is 15.9 Å². The molecule has 0 spiro atoms. The first-order chi connectivity index (χ1) is 10.1. The lowest BCUT2D eigenvalue weighted by Gasteiger charge is -2.21. The zero-order valence-corrected chi connectivity index (χ0v) is 14.0. The molecule has 0 aromatic carbocycles. The standard InChI is InChI=1S/C16H21NO2S2/c1-16(2)18-11-12(19-16)10-17-14(15-6-4-8-21-15)9-13-5-3-7-20-13/h3-8,12,14,17H,9-11H2,1-2H3. The highest BCUT2D eigenvalue weighted by Gasteiger charge is 2.32. The zero-order chi connectivity index (χ0) is 14.7. The van der Waals surface area contributed by atoms with Crippen molar-refractivity contribution in [2.75, 3.05) is 13.2 Å². The van der Waals surface area contributed by atoms with Crippen LogP contribution in [-0.4, -0.2) is 25.0 Å². The van der Waals surface area contributed by atoms with E-state index in [4.69, 9.17) is 9.47 Å². The smallest absolute Gasteiger partial charge is 0.163 e. The first-order valence-electron chi connectivity index (χ1n) is 7.23. The van der Waals surface area contributed by atoms with E-state index in [1.165, 1.54) is 9.75 Å². The molecule has 114 valence electrons.